The van der Waals surface area contributed by atoms with Gasteiger partial charge in [0.1, 0.15) is 5.15 Å². The van der Waals surface area contributed by atoms with Crippen LogP contribution in [0.4, 0.5) is 5.69 Å². The number of halogens is 1. The number of nitrogens with one attached hydrogen (secondary N) is 2. The minimum atomic E-state index is 0.144. The molecular formula is C20H27ClN4O. The summed E-state index contributed by atoms with van der Waals surface area (Å²) in [7, 11) is 1.87. The van der Waals surface area contributed by atoms with E-state index in [4.69, 9.17) is 11.6 Å². The minimum Gasteiger partial charge on any atom is -0.326 e. The van der Waals surface area contributed by atoms with E-state index in [-0.39, 0.29) is 11.8 Å². The molecule has 1 heterocycles. The number of carbonyl (C=O) groups excluding carboxylic acids is 1. The van der Waals surface area contributed by atoms with Crippen molar-refractivity contribution in [3.63, 3.8) is 0 Å². The van der Waals surface area contributed by atoms with E-state index in [1.165, 1.54) is 0 Å². The summed E-state index contributed by atoms with van der Waals surface area (Å²) in [5.41, 5.74) is 4.08. The van der Waals surface area contributed by atoms with E-state index >= 15 is 0 Å². The topological polar surface area (TPSA) is 59.0 Å². The molecule has 1 aliphatic carbocycles. The number of aromatic nitrogens is 2. The highest BCUT2D eigenvalue weighted by Gasteiger charge is 2.25. The lowest BCUT2D eigenvalue weighted by Gasteiger charge is -2.24. The molecular weight excluding hydrogens is 348 g/mol. The molecule has 1 aromatic carbocycles. The first-order valence-corrected chi connectivity index (χ1v) is 9.65. The average molecular weight is 375 g/mol. The van der Waals surface area contributed by atoms with Crippen molar-refractivity contribution in [2.24, 2.45) is 13.0 Å². The summed E-state index contributed by atoms with van der Waals surface area (Å²) in [6.45, 7) is 5.61. The van der Waals surface area contributed by atoms with Crippen molar-refractivity contribution >= 4 is 23.2 Å². The number of amides is 1. The lowest BCUT2D eigenvalue weighted by Crippen LogP contribution is -2.28. The Kier molecular flexibility index (Phi) is 5.99. The van der Waals surface area contributed by atoms with E-state index in [2.05, 4.69) is 35.6 Å². The third-order valence-electron chi connectivity index (χ3n) is 4.95. The fourth-order valence-electron chi connectivity index (χ4n) is 3.20. The largest absolute Gasteiger partial charge is 0.326 e. The predicted molar refractivity (Wildman–Crippen MR) is 105 cm³/mol. The number of nitrogens with zero attached hydrogens (tertiary/aromatic N) is 2. The zero-order chi connectivity index (χ0) is 18.7. The van der Waals surface area contributed by atoms with Gasteiger partial charge in [-0.25, -0.2) is 0 Å². The van der Waals surface area contributed by atoms with Gasteiger partial charge in [0, 0.05) is 37.3 Å². The molecule has 1 fully saturated rings. The van der Waals surface area contributed by atoms with Gasteiger partial charge in [-0.2, -0.15) is 5.10 Å². The highest BCUT2D eigenvalue weighted by molar-refractivity contribution is 6.30. The molecule has 0 aliphatic heterocycles. The summed E-state index contributed by atoms with van der Waals surface area (Å²) in [6.07, 6.45) is 3.19. The van der Waals surface area contributed by atoms with Crippen LogP contribution in [0.3, 0.4) is 0 Å². The number of benzene rings is 1. The van der Waals surface area contributed by atoms with Crippen molar-refractivity contribution < 1.29 is 4.79 Å². The molecule has 0 radical (unpaired) electrons. The molecule has 3 rings (SSSR count). The highest BCUT2D eigenvalue weighted by Crippen LogP contribution is 2.28. The first kappa shape index (κ1) is 18.9. The van der Waals surface area contributed by atoms with Gasteiger partial charge < -0.3 is 10.6 Å². The summed E-state index contributed by atoms with van der Waals surface area (Å²) in [5, 5.41) is 11.7. The van der Waals surface area contributed by atoms with Crippen molar-refractivity contribution in [2.45, 2.75) is 52.1 Å². The minimum absolute atomic E-state index is 0.144. The van der Waals surface area contributed by atoms with Crippen molar-refractivity contribution in [1.82, 2.24) is 15.1 Å². The number of aryl methyl sites for hydroxylation is 1. The Labute approximate surface area is 160 Å². The molecule has 6 heteroatoms. The predicted octanol–water partition coefficient (Wildman–Crippen LogP) is 4.23. The lowest BCUT2D eigenvalue weighted by molar-refractivity contribution is -0.122. The van der Waals surface area contributed by atoms with E-state index in [0.717, 1.165) is 41.8 Å². The van der Waals surface area contributed by atoms with Gasteiger partial charge in [0.25, 0.3) is 0 Å². The Morgan fingerprint density at radius 2 is 2.12 bits per heavy atom. The van der Waals surface area contributed by atoms with Crippen LogP contribution >= 0.6 is 11.6 Å². The molecule has 140 valence electrons. The van der Waals surface area contributed by atoms with Gasteiger partial charge in [0.15, 0.2) is 0 Å². The van der Waals surface area contributed by atoms with Gasteiger partial charge >= 0.3 is 0 Å². The Balaban J connectivity index is 1.58. The van der Waals surface area contributed by atoms with Gasteiger partial charge in [0.2, 0.25) is 5.91 Å². The maximum Gasteiger partial charge on any atom is 0.227 e. The number of rotatable bonds is 7. The lowest BCUT2D eigenvalue weighted by atomic mass is 9.85. The SMILES string of the molecule is CC(C)c1nn(C)c(Cl)c1CNCc1cccc(NC(=O)C2CCC2)c1. The number of hydrogen-bond donors (Lipinski definition) is 2. The van der Waals surface area contributed by atoms with Crippen molar-refractivity contribution in [1.29, 1.82) is 0 Å². The van der Waals surface area contributed by atoms with Crippen molar-refractivity contribution in [3.05, 3.63) is 46.2 Å². The number of anilines is 1. The standard InChI is InChI=1S/C20H27ClN4O/c1-13(2)18-17(19(21)25(3)24-18)12-22-11-14-6-4-9-16(10-14)23-20(26)15-7-5-8-15/h4,6,9-10,13,15,22H,5,7-8,11-12H2,1-3H3,(H,23,26). The van der Waals surface area contributed by atoms with Crippen LogP contribution in [0.5, 0.6) is 0 Å². The van der Waals surface area contributed by atoms with E-state index in [9.17, 15) is 4.79 Å². The van der Waals surface area contributed by atoms with E-state index in [1.807, 2.05) is 25.2 Å². The van der Waals surface area contributed by atoms with Gasteiger partial charge in [0.05, 0.1) is 5.69 Å². The summed E-state index contributed by atoms with van der Waals surface area (Å²) in [5.74, 6) is 0.666. The molecule has 1 aliphatic rings. The molecule has 1 amide bonds. The van der Waals surface area contributed by atoms with Crippen LogP contribution in [0.2, 0.25) is 5.15 Å². The van der Waals surface area contributed by atoms with Crippen molar-refractivity contribution in [2.75, 3.05) is 5.32 Å². The third-order valence-corrected chi connectivity index (χ3v) is 5.42. The van der Waals surface area contributed by atoms with Crippen LogP contribution in [-0.2, 0) is 24.9 Å². The van der Waals surface area contributed by atoms with Crippen LogP contribution < -0.4 is 10.6 Å². The average Bonchev–Trinajstić information content (AvgIpc) is 2.82. The van der Waals surface area contributed by atoms with E-state index in [0.29, 0.717) is 24.2 Å². The smallest absolute Gasteiger partial charge is 0.227 e. The zero-order valence-corrected chi connectivity index (χ0v) is 16.4. The molecule has 1 aromatic heterocycles. The fourth-order valence-corrected chi connectivity index (χ4v) is 3.40. The quantitative estimate of drug-likeness (QED) is 0.762. The van der Waals surface area contributed by atoms with Gasteiger partial charge in [-0.3, -0.25) is 9.48 Å². The summed E-state index contributed by atoms with van der Waals surface area (Å²) in [6, 6.07) is 8.00. The van der Waals surface area contributed by atoms with Crippen LogP contribution in [-0.4, -0.2) is 15.7 Å². The van der Waals surface area contributed by atoms with Crippen LogP contribution in [0.15, 0.2) is 24.3 Å². The molecule has 0 unspecified atom stereocenters. The Morgan fingerprint density at radius 3 is 2.77 bits per heavy atom. The van der Waals surface area contributed by atoms with Gasteiger partial charge in [-0.1, -0.05) is 44.0 Å². The van der Waals surface area contributed by atoms with E-state index in [1.54, 1.807) is 4.68 Å². The van der Waals surface area contributed by atoms with E-state index < -0.39 is 0 Å². The van der Waals surface area contributed by atoms with Crippen molar-refractivity contribution in [3.8, 4) is 0 Å². The second-order valence-electron chi connectivity index (χ2n) is 7.35. The Bertz CT molecular complexity index is 780. The maximum absolute atomic E-state index is 12.1. The van der Waals surface area contributed by atoms with Crippen LogP contribution in [0.1, 0.15) is 55.8 Å². The second-order valence-corrected chi connectivity index (χ2v) is 7.71. The Hall–Kier alpha value is -1.85. The maximum atomic E-state index is 12.1. The second kappa shape index (κ2) is 8.23. The molecule has 5 nitrogen and oxygen atoms in total. The molecule has 0 saturated heterocycles. The van der Waals surface area contributed by atoms with Crippen LogP contribution in [0, 0.1) is 5.92 Å². The first-order valence-electron chi connectivity index (χ1n) is 9.27. The third kappa shape index (κ3) is 4.27. The van der Waals surface area contributed by atoms with Gasteiger partial charge in [-0.05, 0) is 36.5 Å². The molecule has 0 bridgehead atoms. The molecule has 26 heavy (non-hydrogen) atoms. The zero-order valence-electron chi connectivity index (χ0n) is 15.7. The Morgan fingerprint density at radius 1 is 1.35 bits per heavy atom. The summed E-state index contributed by atoms with van der Waals surface area (Å²) < 4.78 is 1.73. The summed E-state index contributed by atoms with van der Waals surface area (Å²) >= 11 is 6.38. The van der Waals surface area contributed by atoms with Gasteiger partial charge in [-0.15, -0.1) is 0 Å². The molecule has 2 aromatic rings. The number of carbonyl (C=O) groups is 1. The molecule has 0 atom stereocenters. The number of hydrogen-bond acceptors (Lipinski definition) is 3. The normalized spacial score (nSPS) is 14.5. The fraction of sp³-hybridized carbons (Fsp3) is 0.500. The molecule has 2 N–H and O–H groups in total. The molecule has 1 saturated carbocycles. The summed E-state index contributed by atoms with van der Waals surface area (Å²) in [4.78, 5) is 12.1. The highest BCUT2D eigenvalue weighted by atomic mass is 35.5. The monoisotopic (exact) mass is 374 g/mol. The molecule has 0 spiro atoms. The first-order chi connectivity index (χ1) is 12.5. The van der Waals surface area contributed by atoms with Crippen LogP contribution in [0.25, 0.3) is 0 Å².